The average molecular weight is 894 g/mol. The monoisotopic (exact) mass is 894 g/mol. The van der Waals surface area contributed by atoms with Crippen LogP contribution in [0.1, 0.15) is 129 Å². The van der Waals surface area contributed by atoms with Gasteiger partial charge in [0.25, 0.3) is 0 Å². The number of carbonyl (C=O) groups excluding carboxylic acids is 6. The summed E-state index contributed by atoms with van der Waals surface area (Å²) in [5, 5.41) is 14.3. The Kier molecular flexibility index (Phi) is 17.9. The van der Waals surface area contributed by atoms with Crippen molar-refractivity contribution in [2.45, 2.75) is 179 Å². The van der Waals surface area contributed by atoms with Crippen LogP contribution in [0.25, 0.3) is 0 Å². The maximum Gasteiger partial charge on any atom is 0.407 e. The summed E-state index contributed by atoms with van der Waals surface area (Å²) in [5.41, 5.74) is 7.21. The molecule has 0 radical (unpaired) electrons. The highest BCUT2D eigenvalue weighted by molar-refractivity contribution is 5.96. The van der Waals surface area contributed by atoms with Gasteiger partial charge in [-0.2, -0.15) is 0 Å². The van der Waals surface area contributed by atoms with E-state index >= 15 is 0 Å². The maximum atomic E-state index is 14.7. The Balaban J connectivity index is 1.28. The lowest BCUT2D eigenvalue weighted by atomic mass is 9.51. The van der Waals surface area contributed by atoms with Gasteiger partial charge in [0.15, 0.2) is 0 Å². The molecule has 16 heteroatoms. The van der Waals surface area contributed by atoms with Crippen molar-refractivity contribution in [3.63, 3.8) is 0 Å². The average Bonchev–Trinajstić information content (AvgIpc) is 3.53. The number of hydrogen-bond donors (Lipinski definition) is 6. The summed E-state index contributed by atoms with van der Waals surface area (Å²) in [6.07, 6.45) is 12.5. The van der Waals surface area contributed by atoms with Gasteiger partial charge in [-0.3, -0.25) is 24.0 Å². The van der Waals surface area contributed by atoms with Crippen LogP contribution in [0.4, 0.5) is 4.79 Å². The number of amides is 6. The number of hydrogen-bond acceptors (Lipinski definition) is 10. The molecule has 7 atom stereocenters. The predicted molar refractivity (Wildman–Crippen MR) is 240 cm³/mol. The van der Waals surface area contributed by atoms with Crippen molar-refractivity contribution in [3.8, 4) is 0 Å². The molecule has 64 heavy (non-hydrogen) atoms. The van der Waals surface area contributed by atoms with E-state index in [-0.39, 0.29) is 50.3 Å². The molecule has 5 fully saturated rings. The number of carbonyl (C=O) groups is 6. The van der Waals surface area contributed by atoms with E-state index < -0.39 is 72.0 Å². The highest BCUT2D eigenvalue weighted by Crippen LogP contribution is 2.60. The lowest BCUT2D eigenvalue weighted by Crippen LogP contribution is -2.62. The van der Waals surface area contributed by atoms with E-state index in [0.29, 0.717) is 56.3 Å². The third-order valence-electron chi connectivity index (χ3n) is 14.5. The fourth-order valence-electron chi connectivity index (χ4n) is 10.4. The third kappa shape index (κ3) is 13.4. The van der Waals surface area contributed by atoms with Crippen molar-refractivity contribution >= 4 is 35.6 Å². The Morgan fingerprint density at radius 1 is 0.875 bits per heavy atom. The van der Waals surface area contributed by atoms with Crippen molar-refractivity contribution in [3.05, 3.63) is 35.9 Å². The van der Waals surface area contributed by atoms with Gasteiger partial charge in [-0.15, -0.1) is 0 Å². The summed E-state index contributed by atoms with van der Waals surface area (Å²) >= 11 is 0. The van der Waals surface area contributed by atoms with Crippen molar-refractivity contribution in [2.24, 2.45) is 28.9 Å². The second-order valence-corrected chi connectivity index (χ2v) is 19.7. The summed E-state index contributed by atoms with van der Waals surface area (Å²) in [4.78, 5) is 86.7. The van der Waals surface area contributed by atoms with E-state index in [4.69, 9.17) is 19.9 Å². The first-order valence-electron chi connectivity index (χ1n) is 24.2. The number of nitrogens with two attached hydrogens (primary N) is 1. The smallest absolute Gasteiger partial charge is 0.407 e. The topological polar surface area (TPSA) is 220 Å². The highest BCUT2D eigenvalue weighted by Gasteiger charge is 2.49. The van der Waals surface area contributed by atoms with Crippen LogP contribution in [-0.2, 0) is 44.8 Å². The lowest BCUT2D eigenvalue weighted by Gasteiger charge is -2.55. The largest absolute Gasteiger partial charge is 0.445 e. The van der Waals surface area contributed by atoms with Gasteiger partial charge in [-0.25, -0.2) is 4.79 Å². The lowest BCUT2D eigenvalue weighted by molar-refractivity contribution is -0.148. The van der Waals surface area contributed by atoms with E-state index in [1.807, 2.05) is 44.2 Å². The van der Waals surface area contributed by atoms with Gasteiger partial charge in [0.2, 0.25) is 29.5 Å². The Bertz CT molecular complexity index is 1720. The zero-order valence-corrected chi connectivity index (χ0v) is 38.6. The quantitative estimate of drug-likeness (QED) is 0.166. The molecule has 0 aromatic heterocycles. The molecule has 1 aromatic carbocycles. The van der Waals surface area contributed by atoms with Gasteiger partial charge in [0, 0.05) is 19.1 Å². The van der Waals surface area contributed by atoms with Crippen molar-refractivity contribution in [1.29, 1.82) is 0 Å². The van der Waals surface area contributed by atoms with Crippen LogP contribution >= 0.6 is 0 Å². The number of rotatable bonds is 12. The first-order chi connectivity index (χ1) is 30.7. The molecule has 0 unspecified atom stereocenters. The standard InChI is InChI=1S/C48H75N7O9/c1-5-14-39-44(58)54-41(34-17-11-6-7-12-18-34)45(59)52-37(26-50-47(61)64-28-32-15-9-8-10-16-32)42(56)53-38(29-62-36-22-35(49)23-36)43(57)51-30(2)27-63-40(31(3)46(60)55(39)4)21-33-24-48(25-33)19-13-20-48/h8-10,15-16,30-31,33-41H,5-7,11-14,17-29,49H2,1-4H3,(H,50,61)(H,51,57)(H,52,59)(H,53,56)(H,54,58)/t30-,31-,35?,36?,37+,38+,39+,40-,41+/m1/s1. The Morgan fingerprint density at radius 3 is 2.19 bits per heavy atom. The number of likely N-dealkylation sites (N-methyl/N-ethyl adjacent to an activating group) is 1. The molecule has 0 bridgehead atoms. The highest BCUT2D eigenvalue weighted by atomic mass is 16.5. The normalized spacial score (nSPS) is 31.5. The number of ether oxygens (including phenoxy) is 3. The summed E-state index contributed by atoms with van der Waals surface area (Å²) in [7, 11) is 1.65. The first-order valence-corrected chi connectivity index (χ1v) is 24.2. The van der Waals surface area contributed by atoms with Crippen molar-refractivity contribution in [1.82, 2.24) is 31.5 Å². The molecule has 16 nitrogen and oxygen atoms in total. The van der Waals surface area contributed by atoms with Crippen LogP contribution in [0.3, 0.4) is 0 Å². The number of benzene rings is 1. The first kappa shape index (κ1) is 49.2. The molecule has 4 aliphatic carbocycles. The van der Waals surface area contributed by atoms with E-state index in [2.05, 4.69) is 26.6 Å². The summed E-state index contributed by atoms with van der Waals surface area (Å²) < 4.78 is 18.1. The molecule has 356 valence electrons. The van der Waals surface area contributed by atoms with Crippen LogP contribution < -0.4 is 32.3 Å². The SMILES string of the molecule is CCC[C@H]1C(=O)N[C@@H](C2CCCCCC2)C(=O)N[C@@H](CNC(=O)OCc2ccccc2)C(=O)N[C@@H](COC2CC(N)C2)C(=O)N[C@H](C)CO[C@H](CC2CC3(CCC3)C2)[C@@H](C)C(=O)N1C. The summed E-state index contributed by atoms with van der Waals surface area (Å²) in [6.45, 7) is 5.14. The molecule has 6 rings (SSSR count). The summed E-state index contributed by atoms with van der Waals surface area (Å²) in [6, 6.07) is 4.09. The maximum absolute atomic E-state index is 14.7. The molecule has 7 N–H and O–H groups in total. The molecule has 1 heterocycles. The number of alkyl carbamates (subject to hydrolysis) is 1. The Morgan fingerprint density at radius 2 is 1.55 bits per heavy atom. The van der Waals surface area contributed by atoms with Crippen LogP contribution in [0.5, 0.6) is 0 Å². The molecule has 1 saturated heterocycles. The minimum absolute atomic E-state index is 0.00672. The fourth-order valence-corrected chi connectivity index (χ4v) is 10.4. The Hall–Kier alpha value is -4.28. The zero-order valence-electron chi connectivity index (χ0n) is 38.6. The van der Waals surface area contributed by atoms with Gasteiger partial charge in [-0.1, -0.05) is 82.7 Å². The van der Waals surface area contributed by atoms with E-state index in [1.165, 1.54) is 24.2 Å². The number of nitrogens with zero attached hydrogens (tertiary/aromatic N) is 1. The van der Waals surface area contributed by atoms with E-state index in [1.54, 1.807) is 14.0 Å². The minimum Gasteiger partial charge on any atom is -0.445 e. The summed E-state index contributed by atoms with van der Waals surface area (Å²) in [5.74, 6) is -2.99. The zero-order chi connectivity index (χ0) is 45.8. The van der Waals surface area contributed by atoms with E-state index in [9.17, 15) is 28.8 Å². The van der Waals surface area contributed by atoms with E-state index in [0.717, 1.165) is 44.1 Å². The van der Waals surface area contributed by atoms with Gasteiger partial charge < -0.3 is 51.4 Å². The minimum atomic E-state index is -1.39. The van der Waals surface area contributed by atoms with Crippen molar-refractivity contribution in [2.75, 3.05) is 26.8 Å². The van der Waals surface area contributed by atoms with Crippen LogP contribution in [0.2, 0.25) is 0 Å². The van der Waals surface area contributed by atoms with Gasteiger partial charge in [-0.05, 0) is 93.9 Å². The predicted octanol–water partition coefficient (Wildman–Crippen LogP) is 3.98. The second-order valence-electron chi connectivity index (χ2n) is 19.7. The van der Waals surface area contributed by atoms with Crippen molar-refractivity contribution < 1.29 is 43.0 Å². The Labute approximate surface area is 379 Å². The van der Waals surface area contributed by atoms with Crippen LogP contribution in [0.15, 0.2) is 30.3 Å². The third-order valence-corrected chi connectivity index (χ3v) is 14.5. The molecule has 6 amide bonds. The molecule has 1 spiro atoms. The molecular formula is C48H75N7O9. The molecule has 4 saturated carbocycles. The van der Waals surface area contributed by atoms with Gasteiger partial charge in [0.05, 0.1) is 37.9 Å². The van der Waals surface area contributed by atoms with Gasteiger partial charge >= 0.3 is 6.09 Å². The number of nitrogens with one attached hydrogen (secondary N) is 5. The molecule has 5 aliphatic rings. The molecule has 1 aromatic rings. The van der Waals surface area contributed by atoms with Crippen LogP contribution in [-0.4, -0.2) is 116 Å². The molecule has 1 aliphatic heterocycles. The second kappa shape index (κ2) is 23.3. The molecular weight excluding hydrogens is 819 g/mol. The fraction of sp³-hybridized carbons (Fsp3) is 0.750. The van der Waals surface area contributed by atoms with Crippen LogP contribution in [0, 0.1) is 23.2 Å². The van der Waals surface area contributed by atoms with Gasteiger partial charge in [0.1, 0.15) is 30.8 Å².